The first kappa shape index (κ1) is 17.3. The molecule has 1 atom stereocenters. The molecule has 0 aliphatic carbocycles. The van der Waals surface area contributed by atoms with Gasteiger partial charge in [-0.15, -0.1) is 0 Å². The Labute approximate surface area is 146 Å². The van der Waals surface area contributed by atoms with Crippen LogP contribution in [0.4, 0.5) is 5.82 Å². The zero-order chi connectivity index (χ0) is 17.8. The summed E-state index contributed by atoms with van der Waals surface area (Å²) < 4.78 is 1.65. The Hall–Kier alpha value is -2.51. The minimum absolute atomic E-state index is 0.0750. The van der Waals surface area contributed by atoms with Crippen LogP contribution in [0.25, 0.3) is 16.8 Å². The lowest BCUT2D eigenvalue weighted by molar-refractivity contribution is 0.277. The zero-order valence-corrected chi connectivity index (χ0v) is 14.6. The quantitative estimate of drug-likeness (QED) is 0.606. The van der Waals surface area contributed by atoms with Crippen LogP contribution >= 0.6 is 0 Å². The van der Waals surface area contributed by atoms with Crippen LogP contribution in [-0.4, -0.2) is 37.8 Å². The highest BCUT2D eigenvalue weighted by molar-refractivity contribution is 5.77. The van der Waals surface area contributed by atoms with E-state index in [1.54, 1.807) is 23.0 Å². The zero-order valence-electron chi connectivity index (χ0n) is 14.6. The molecule has 3 aromatic rings. The number of aryl methyl sites for hydroxylation is 1. The molecule has 0 saturated carbocycles. The number of anilines is 1. The summed E-state index contributed by atoms with van der Waals surface area (Å²) in [5.41, 5.74) is 10.3. The monoisotopic (exact) mass is 340 g/mol. The fourth-order valence-corrected chi connectivity index (χ4v) is 2.92. The summed E-state index contributed by atoms with van der Waals surface area (Å²) >= 11 is 0. The number of hydrogen-bond donors (Lipinski definition) is 3. The molecule has 0 radical (unpaired) electrons. The van der Waals surface area contributed by atoms with Crippen molar-refractivity contribution < 1.29 is 5.11 Å². The Morgan fingerprint density at radius 3 is 2.76 bits per heavy atom. The molecule has 0 aromatic carbocycles. The largest absolute Gasteiger partial charge is 0.390 e. The maximum absolute atomic E-state index is 9.14. The average Bonchev–Trinajstić information content (AvgIpc) is 3.07. The van der Waals surface area contributed by atoms with Crippen molar-refractivity contribution in [3.63, 3.8) is 0 Å². The second-order valence-corrected chi connectivity index (χ2v) is 6.09. The molecule has 0 fully saturated rings. The smallest absolute Gasteiger partial charge is 0.165 e. The molecular weight excluding hydrogens is 316 g/mol. The second kappa shape index (κ2) is 7.58. The fourth-order valence-electron chi connectivity index (χ4n) is 2.92. The van der Waals surface area contributed by atoms with Crippen molar-refractivity contribution >= 4 is 11.5 Å². The van der Waals surface area contributed by atoms with Crippen LogP contribution < -0.4 is 11.1 Å². The number of hydrogen-bond acceptors (Lipinski definition) is 6. The van der Waals surface area contributed by atoms with Gasteiger partial charge in [0, 0.05) is 35.1 Å². The Bertz CT molecular complexity index is 839. The van der Waals surface area contributed by atoms with Crippen LogP contribution in [0.3, 0.4) is 0 Å². The molecule has 4 N–H and O–H groups in total. The number of aromatic nitrogens is 4. The molecule has 3 aromatic heterocycles. The standard InChI is InChI=1S/C18H24N6O/c1-3-13(20-2)6-7-14-8-17(19)24-18(23-14)16(10-22-24)12-4-5-15(11-25)21-9-12/h4-5,8-10,13,20,25H,3,6-7,11,19H2,1-2H3/t13-/m1/s1. The van der Waals surface area contributed by atoms with E-state index < -0.39 is 0 Å². The van der Waals surface area contributed by atoms with Crippen molar-refractivity contribution in [3.8, 4) is 11.1 Å². The molecule has 0 amide bonds. The molecule has 0 bridgehead atoms. The molecule has 0 aliphatic rings. The van der Waals surface area contributed by atoms with Crippen molar-refractivity contribution in [2.75, 3.05) is 12.8 Å². The van der Waals surface area contributed by atoms with E-state index in [2.05, 4.69) is 22.3 Å². The molecule has 25 heavy (non-hydrogen) atoms. The normalized spacial score (nSPS) is 12.6. The predicted octanol–water partition coefficient (Wildman–Crippen LogP) is 1.80. The van der Waals surface area contributed by atoms with E-state index in [4.69, 9.17) is 15.8 Å². The van der Waals surface area contributed by atoms with Crippen LogP contribution in [0.2, 0.25) is 0 Å². The number of nitrogens with zero attached hydrogens (tertiary/aromatic N) is 4. The van der Waals surface area contributed by atoms with Crippen LogP contribution in [0.15, 0.2) is 30.6 Å². The maximum atomic E-state index is 9.14. The van der Waals surface area contributed by atoms with Gasteiger partial charge in [0.05, 0.1) is 18.5 Å². The Morgan fingerprint density at radius 2 is 2.12 bits per heavy atom. The highest BCUT2D eigenvalue weighted by atomic mass is 16.3. The summed E-state index contributed by atoms with van der Waals surface area (Å²) in [4.78, 5) is 9.00. The summed E-state index contributed by atoms with van der Waals surface area (Å²) in [6.07, 6.45) is 6.41. The Kier molecular flexibility index (Phi) is 5.25. The van der Waals surface area contributed by atoms with Gasteiger partial charge in [-0.2, -0.15) is 9.61 Å². The molecule has 0 aliphatic heterocycles. The highest BCUT2D eigenvalue weighted by Crippen LogP contribution is 2.25. The highest BCUT2D eigenvalue weighted by Gasteiger charge is 2.13. The van der Waals surface area contributed by atoms with Gasteiger partial charge >= 0.3 is 0 Å². The lowest BCUT2D eigenvalue weighted by Crippen LogP contribution is -2.24. The van der Waals surface area contributed by atoms with Crippen LogP contribution in [0.5, 0.6) is 0 Å². The molecule has 132 valence electrons. The minimum atomic E-state index is -0.0750. The van der Waals surface area contributed by atoms with E-state index in [0.717, 1.165) is 41.7 Å². The van der Waals surface area contributed by atoms with Gasteiger partial charge in [0.1, 0.15) is 5.82 Å². The first-order valence-corrected chi connectivity index (χ1v) is 8.52. The number of nitrogens with one attached hydrogen (secondary N) is 1. The SMILES string of the molecule is CC[C@H](CCc1cc(N)n2ncc(-c3ccc(CO)nc3)c2n1)NC. The van der Waals surface area contributed by atoms with Gasteiger partial charge < -0.3 is 16.2 Å². The number of pyridine rings is 1. The van der Waals surface area contributed by atoms with E-state index in [0.29, 0.717) is 17.6 Å². The number of fused-ring (bicyclic) bond motifs is 1. The van der Waals surface area contributed by atoms with Gasteiger partial charge in [-0.25, -0.2) is 4.98 Å². The van der Waals surface area contributed by atoms with Crippen molar-refractivity contribution in [3.05, 3.63) is 42.0 Å². The van der Waals surface area contributed by atoms with E-state index >= 15 is 0 Å². The van der Waals surface area contributed by atoms with Crippen molar-refractivity contribution in [1.29, 1.82) is 0 Å². The fraction of sp³-hybridized carbons (Fsp3) is 0.389. The third-order valence-electron chi connectivity index (χ3n) is 4.50. The maximum Gasteiger partial charge on any atom is 0.165 e. The van der Waals surface area contributed by atoms with Gasteiger partial charge in [-0.3, -0.25) is 4.98 Å². The van der Waals surface area contributed by atoms with Gasteiger partial charge in [-0.05, 0) is 32.4 Å². The van der Waals surface area contributed by atoms with Crippen LogP contribution in [0, 0.1) is 0 Å². The summed E-state index contributed by atoms with van der Waals surface area (Å²) in [6, 6.07) is 6.07. The molecule has 0 saturated heterocycles. The van der Waals surface area contributed by atoms with Crippen molar-refractivity contribution in [1.82, 2.24) is 24.9 Å². The molecule has 3 heterocycles. The number of aliphatic hydroxyl groups is 1. The molecular formula is C18H24N6O. The van der Waals surface area contributed by atoms with Gasteiger partial charge in [-0.1, -0.05) is 13.0 Å². The summed E-state index contributed by atoms with van der Waals surface area (Å²) in [5.74, 6) is 0.573. The van der Waals surface area contributed by atoms with E-state index in [1.807, 2.05) is 19.2 Å². The molecule has 7 nitrogen and oxygen atoms in total. The molecule has 3 rings (SSSR count). The number of nitrogens with two attached hydrogens (primary N) is 1. The van der Waals surface area contributed by atoms with E-state index in [9.17, 15) is 0 Å². The third kappa shape index (κ3) is 3.62. The van der Waals surface area contributed by atoms with Crippen LogP contribution in [0.1, 0.15) is 31.2 Å². The molecule has 0 spiro atoms. The Morgan fingerprint density at radius 1 is 1.28 bits per heavy atom. The van der Waals surface area contributed by atoms with Gasteiger partial charge in [0.25, 0.3) is 0 Å². The molecule has 7 heteroatoms. The molecule has 0 unspecified atom stereocenters. The summed E-state index contributed by atoms with van der Waals surface area (Å²) in [7, 11) is 1.98. The van der Waals surface area contributed by atoms with E-state index in [-0.39, 0.29) is 6.61 Å². The van der Waals surface area contributed by atoms with Crippen molar-refractivity contribution in [2.24, 2.45) is 0 Å². The van der Waals surface area contributed by atoms with Gasteiger partial charge in [0.15, 0.2) is 5.65 Å². The van der Waals surface area contributed by atoms with Crippen LogP contribution in [-0.2, 0) is 13.0 Å². The third-order valence-corrected chi connectivity index (χ3v) is 4.50. The van der Waals surface area contributed by atoms with E-state index in [1.165, 1.54) is 0 Å². The Balaban J connectivity index is 1.94. The topological polar surface area (TPSA) is 101 Å². The second-order valence-electron chi connectivity index (χ2n) is 6.09. The number of rotatable bonds is 7. The number of nitrogen functional groups attached to an aromatic ring is 1. The first-order chi connectivity index (χ1) is 12.2. The minimum Gasteiger partial charge on any atom is -0.390 e. The first-order valence-electron chi connectivity index (χ1n) is 8.52. The average molecular weight is 340 g/mol. The van der Waals surface area contributed by atoms with Crippen molar-refractivity contribution in [2.45, 2.75) is 38.8 Å². The van der Waals surface area contributed by atoms with Gasteiger partial charge in [0.2, 0.25) is 0 Å². The summed E-state index contributed by atoms with van der Waals surface area (Å²) in [6.45, 7) is 2.10. The number of aliphatic hydroxyl groups excluding tert-OH is 1. The lowest BCUT2D eigenvalue weighted by atomic mass is 10.1. The predicted molar refractivity (Wildman–Crippen MR) is 98.0 cm³/mol. The lowest BCUT2D eigenvalue weighted by Gasteiger charge is -2.13. The summed E-state index contributed by atoms with van der Waals surface area (Å²) in [5, 5.41) is 16.8.